The highest BCUT2D eigenvalue weighted by Gasteiger charge is 2.31. The molecule has 0 radical (unpaired) electrons. The first kappa shape index (κ1) is 21.8. The van der Waals surface area contributed by atoms with Gasteiger partial charge in [-0.15, -0.1) is 0 Å². The number of thioether (sulfide) groups is 1. The number of methoxy groups -OCH3 is 1. The topological polar surface area (TPSA) is 58.6 Å². The molecule has 0 aromatic heterocycles. The fraction of sp³-hybridized carbons (Fsp3) is 0.190. The summed E-state index contributed by atoms with van der Waals surface area (Å²) in [5.74, 6) is 0.526. The summed E-state index contributed by atoms with van der Waals surface area (Å²) in [6.07, 6.45) is 2.66. The van der Waals surface area contributed by atoms with E-state index in [1.165, 1.54) is 11.8 Å². The molecule has 1 fully saturated rings. The van der Waals surface area contributed by atoms with Gasteiger partial charge in [-0.25, -0.2) is 0 Å². The van der Waals surface area contributed by atoms with Crippen LogP contribution in [0.2, 0.25) is 0 Å². The second-order valence-electron chi connectivity index (χ2n) is 6.27. The van der Waals surface area contributed by atoms with Crippen molar-refractivity contribution in [2.24, 2.45) is 0 Å². The van der Waals surface area contributed by atoms with Gasteiger partial charge in [-0.1, -0.05) is 42.2 Å². The van der Waals surface area contributed by atoms with Crippen LogP contribution in [-0.4, -0.2) is 34.7 Å². The molecule has 150 valence electrons. The molecule has 3 rings (SSSR count). The summed E-state index contributed by atoms with van der Waals surface area (Å²) < 4.78 is 6.79. The van der Waals surface area contributed by atoms with Gasteiger partial charge < -0.3 is 10.1 Å². The highest BCUT2D eigenvalue weighted by Crippen LogP contribution is 2.33. The summed E-state index contributed by atoms with van der Waals surface area (Å²) in [6, 6.07) is 15.1. The third-order valence-corrected chi connectivity index (χ3v) is 6.21. The number of halogens is 1. The lowest BCUT2D eigenvalue weighted by Crippen LogP contribution is -2.29. The lowest BCUT2D eigenvalue weighted by atomic mass is 10.2. The fourth-order valence-electron chi connectivity index (χ4n) is 2.76. The molecule has 2 aromatic carbocycles. The van der Waals surface area contributed by atoms with Crippen molar-refractivity contribution in [1.29, 1.82) is 0 Å². The minimum Gasteiger partial charge on any atom is -0.497 e. The van der Waals surface area contributed by atoms with E-state index in [0.717, 1.165) is 20.6 Å². The van der Waals surface area contributed by atoms with Gasteiger partial charge in [0.05, 0.1) is 12.0 Å². The summed E-state index contributed by atoms with van der Waals surface area (Å²) in [5.41, 5.74) is 1.65. The Bertz CT molecular complexity index is 978. The number of rotatable bonds is 7. The van der Waals surface area contributed by atoms with Crippen molar-refractivity contribution in [3.63, 3.8) is 0 Å². The molecule has 2 amide bonds. The largest absolute Gasteiger partial charge is 0.497 e. The van der Waals surface area contributed by atoms with E-state index < -0.39 is 0 Å². The summed E-state index contributed by atoms with van der Waals surface area (Å²) in [5, 5.41) is 2.87. The van der Waals surface area contributed by atoms with Crippen LogP contribution < -0.4 is 10.1 Å². The monoisotopic (exact) mass is 538 g/mol. The van der Waals surface area contributed by atoms with Crippen LogP contribution in [0.15, 0.2) is 53.4 Å². The van der Waals surface area contributed by atoms with Crippen LogP contribution in [0, 0.1) is 3.57 Å². The van der Waals surface area contributed by atoms with E-state index in [1.54, 1.807) is 12.0 Å². The molecule has 0 unspecified atom stereocenters. The Balaban J connectivity index is 1.54. The Morgan fingerprint density at radius 2 is 2.07 bits per heavy atom. The van der Waals surface area contributed by atoms with Crippen molar-refractivity contribution in [2.75, 3.05) is 19.0 Å². The van der Waals surface area contributed by atoms with Crippen molar-refractivity contribution in [2.45, 2.75) is 12.8 Å². The van der Waals surface area contributed by atoms with Gasteiger partial charge >= 0.3 is 0 Å². The molecule has 0 spiro atoms. The highest BCUT2D eigenvalue weighted by atomic mass is 127. The van der Waals surface area contributed by atoms with Crippen LogP contribution in [0.4, 0.5) is 5.69 Å². The first-order valence-corrected chi connectivity index (χ1v) is 11.2. The zero-order chi connectivity index (χ0) is 20.8. The minimum atomic E-state index is -0.124. The number of nitrogens with one attached hydrogen (secondary N) is 1. The molecule has 1 aliphatic rings. The SMILES string of the molecule is COc1cccc(/C=C2\SC(=S)N(CCCC(=O)Nc3cccc(I)c3)C2=O)c1. The van der Waals surface area contributed by atoms with Gasteiger partial charge in [0.15, 0.2) is 0 Å². The van der Waals surface area contributed by atoms with E-state index in [2.05, 4.69) is 27.9 Å². The number of benzene rings is 2. The van der Waals surface area contributed by atoms with E-state index in [1.807, 2.05) is 54.6 Å². The van der Waals surface area contributed by atoms with Gasteiger partial charge in [-0.05, 0) is 71.0 Å². The molecule has 5 nitrogen and oxygen atoms in total. The van der Waals surface area contributed by atoms with Crippen molar-refractivity contribution in [3.05, 3.63) is 62.6 Å². The number of thiocarbonyl (C=S) groups is 1. The Labute approximate surface area is 193 Å². The van der Waals surface area contributed by atoms with Gasteiger partial charge in [0.2, 0.25) is 5.91 Å². The lowest BCUT2D eigenvalue weighted by molar-refractivity contribution is -0.122. The Morgan fingerprint density at radius 1 is 1.28 bits per heavy atom. The maximum absolute atomic E-state index is 12.7. The van der Waals surface area contributed by atoms with Crippen molar-refractivity contribution < 1.29 is 14.3 Å². The summed E-state index contributed by atoms with van der Waals surface area (Å²) in [4.78, 5) is 27.0. The predicted octanol–water partition coefficient (Wildman–Crippen LogP) is 4.92. The Morgan fingerprint density at radius 3 is 2.83 bits per heavy atom. The first-order chi connectivity index (χ1) is 14.0. The quantitative estimate of drug-likeness (QED) is 0.308. The zero-order valence-corrected chi connectivity index (χ0v) is 19.5. The van der Waals surface area contributed by atoms with Crippen LogP contribution >= 0.6 is 46.6 Å². The van der Waals surface area contributed by atoms with Gasteiger partial charge in [-0.2, -0.15) is 0 Å². The molecule has 1 heterocycles. The molecule has 1 saturated heterocycles. The third-order valence-electron chi connectivity index (χ3n) is 4.16. The van der Waals surface area contributed by atoms with Crippen LogP contribution in [0.5, 0.6) is 5.75 Å². The van der Waals surface area contributed by atoms with E-state index in [9.17, 15) is 9.59 Å². The molecular weight excluding hydrogens is 519 g/mol. The molecular formula is C21H19IN2O3S2. The summed E-state index contributed by atoms with van der Waals surface area (Å²) in [6.45, 7) is 0.417. The molecule has 1 N–H and O–H groups in total. The van der Waals surface area contributed by atoms with Crippen molar-refractivity contribution in [1.82, 2.24) is 4.90 Å². The molecule has 8 heteroatoms. The van der Waals surface area contributed by atoms with Gasteiger partial charge in [-0.3, -0.25) is 14.5 Å². The molecule has 29 heavy (non-hydrogen) atoms. The third kappa shape index (κ3) is 6.03. The van der Waals surface area contributed by atoms with Gasteiger partial charge in [0, 0.05) is 22.2 Å². The van der Waals surface area contributed by atoms with Crippen LogP contribution in [0.25, 0.3) is 6.08 Å². The molecule has 0 saturated carbocycles. The maximum atomic E-state index is 12.7. The predicted molar refractivity (Wildman–Crippen MR) is 130 cm³/mol. The average Bonchev–Trinajstić information content (AvgIpc) is 2.95. The number of hydrogen-bond donors (Lipinski definition) is 1. The van der Waals surface area contributed by atoms with Crippen molar-refractivity contribution in [3.8, 4) is 5.75 Å². The van der Waals surface area contributed by atoms with Gasteiger partial charge in [0.1, 0.15) is 10.1 Å². The first-order valence-electron chi connectivity index (χ1n) is 8.91. The number of carbonyl (C=O) groups excluding carboxylic acids is 2. The number of carbonyl (C=O) groups is 2. The molecule has 0 atom stereocenters. The van der Waals surface area contributed by atoms with Crippen LogP contribution in [0.3, 0.4) is 0 Å². The number of hydrogen-bond acceptors (Lipinski definition) is 5. The molecule has 2 aromatic rings. The smallest absolute Gasteiger partial charge is 0.266 e. The van der Waals surface area contributed by atoms with Crippen LogP contribution in [0.1, 0.15) is 18.4 Å². The lowest BCUT2D eigenvalue weighted by Gasteiger charge is -2.14. The van der Waals surface area contributed by atoms with Gasteiger partial charge in [0.25, 0.3) is 5.91 Å². The summed E-state index contributed by atoms with van der Waals surface area (Å²) >= 11 is 8.84. The number of nitrogens with zero attached hydrogens (tertiary/aromatic N) is 1. The molecule has 0 bridgehead atoms. The van der Waals surface area contributed by atoms with E-state index in [4.69, 9.17) is 17.0 Å². The Hall–Kier alpha value is -1.91. The summed E-state index contributed by atoms with van der Waals surface area (Å²) in [7, 11) is 1.60. The Kier molecular flexibility index (Phi) is 7.68. The van der Waals surface area contributed by atoms with Crippen LogP contribution in [-0.2, 0) is 9.59 Å². The number of amides is 2. The maximum Gasteiger partial charge on any atom is 0.266 e. The highest BCUT2D eigenvalue weighted by molar-refractivity contribution is 14.1. The minimum absolute atomic E-state index is 0.0793. The van der Waals surface area contributed by atoms with E-state index in [-0.39, 0.29) is 11.8 Å². The fourth-order valence-corrected chi connectivity index (χ4v) is 4.61. The van der Waals surface area contributed by atoms with E-state index in [0.29, 0.717) is 28.6 Å². The second kappa shape index (κ2) is 10.2. The standard InChI is InChI=1S/C21H19IN2O3S2/c1-27-17-8-2-5-14(11-17)12-18-20(26)24(21(28)29-18)10-4-9-19(25)23-16-7-3-6-15(22)13-16/h2-3,5-8,11-13H,4,9-10H2,1H3,(H,23,25)/b18-12-. The van der Waals surface area contributed by atoms with E-state index >= 15 is 0 Å². The zero-order valence-electron chi connectivity index (χ0n) is 15.7. The normalized spacial score (nSPS) is 15.1. The van der Waals surface area contributed by atoms with Crippen molar-refractivity contribution >= 4 is 74.5 Å². The average molecular weight is 538 g/mol. The number of ether oxygens (including phenoxy) is 1. The molecule has 0 aliphatic carbocycles. The number of anilines is 1. The second-order valence-corrected chi connectivity index (χ2v) is 9.19. The molecule has 1 aliphatic heterocycles.